The van der Waals surface area contributed by atoms with E-state index in [2.05, 4.69) is 0 Å². The maximum absolute atomic E-state index is 11.6. The first-order valence-electron chi connectivity index (χ1n) is 48.4. The minimum atomic E-state index is -2.08. The van der Waals surface area contributed by atoms with Gasteiger partial charge in [-0.15, -0.1) is 0 Å². The average molecular weight is 1320 g/mol. The number of fused-ring (bicyclic) bond motifs is 16. The van der Waals surface area contributed by atoms with E-state index < -0.39 is 316 Å². The molecule has 0 atom stereocenters. The highest BCUT2D eigenvalue weighted by atomic mass is 16.3. The lowest BCUT2D eigenvalue weighted by atomic mass is 9.33. The van der Waals surface area contributed by atoms with Gasteiger partial charge in [0, 0.05) is 77.2 Å². The molecule has 474 valence electrons. The summed E-state index contributed by atoms with van der Waals surface area (Å²) in [6.07, 6.45) is 0. The molecule has 6 nitrogen and oxygen atoms in total. The number of para-hydroxylation sites is 4. The number of nitrogens with zero attached hydrogens (tertiary/aromatic N) is 4. The predicted octanol–water partition coefficient (Wildman–Crippen LogP) is 23.7. The summed E-state index contributed by atoms with van der Waals surface area (Å²) in [5.74, 6) is 0. The van der Waals surface area contributed by atoms with Crippen molar-refractivity contribution in [2.45, 2.75) is 26.2 Å². The van der Waals surface area contributed by atoms with Crippen LogP contribution in [-0.2, 0) is 5.41 Å². The van der Waals surface area contributed by atoms with Gasteiger partial charge < -0.3 is 27.8 Å². The van der Waals surface area contributed by atoms with Crippen molar-refractivity contribution in [3.63, 3.8) is 0 Å². The van der Waals surface area contributed by atoms with E-state index in [-0.39, 0.29) is 77.3 Å². The molecule has 0 unspecified atom stereocenters. The highest BCUT2D eigenvalue weighted by Gasteiger charge is 2.46. The highest BCUT2D eigenvalue weighted by Crippen LogP contribution is 2.53. The van der Waals surface area contributed by atoms with Crippen LogP contribution in [0.2, 0.25) is 0 Å². The number of anilines is 6. The summed E-state index contributed by atoms with van der Waals surface area (Å²) >= 11 is 0. The van der Waals surface area contributed by atoms with Crippen molar-refractivity contribution in [1.82, 2.24) is 9.13 Å². The molecule has 6 heterocycles. The number of aromatic nitrogens is 2. The van der Waals surface area contributed by atoms with Gasteiger partial charge in [-0.3, -0.25) is 0 Å². The molecule has 4 aromatic heterocycles. The SMILES string of the molecule is [2H]c1c([2H])c(-n2c3c([2H])c([2H])c([2H])c([2H])c3c3c([2H])c([2H])c([2H])c([2H])c32)c([2H])c2c1B1c3c(cc(C(C)(C)C)cc3N(c3c([2H])c(-c4ccccc4)c([2H])c4c3oc3c([2H])c([2H])c(-c5ccccc5)c([2H])c34)c3c([2H])c(-n4c5c([2H])c([2H])c([2H])c([2H])c5c5c([2H])c([2H])c([2H])c([2H])c54)c([2H])c([2H])c31)N2c1c([2H])c(-c2ccccc2)c([2H])c2c1oc1c([2H])c([2H])c(-c3ccccc3)c([2H])c12. The van der Waals surface area contributed by atoms with Gasteiger partial charge in [0.25, 0.3) is 6.71 Å². The van der Waals surface area contributed by atoms with Gasteiger partial charge in [-0.2, -0.15) is 0 Å². The first-order chi connectivity index (χ1) is 63.1. The Morgan fingerprint density at radius 3 is 1.02 bits per heavy atom. The molecule has 0 fully saturated rings. The van der Waals surface area contributed by atoms with Crippen molar-refractivity contribution in [2.75, 3.05) is 9.80 Å². The van der Waals surface area contributed by atoms with Crippen LogP contribution in [-0.4, -0.2) is 15.8 Å². The van der Waals surface area contributed by atoms with E-state index in [9.17, 15) is 38.4 Å². The Labute approximate surface area is 629 Å². The van der Waals surface area contributed by atoms with Crippen molar-refractivity contribution in [3.05, 3.63) is 332 Å². The number of hydrogen-bond acceptors (Lipinski definition) is 4. The van der Waals surface area contributed by atoms with Crippen LogP contribution in [0.25, 0.3) is 143 Å². The summed E-state index contributed by atoms with van der Waals surface area (Å²) in [5.41, 5.74) is -11.1. The lowest BCUT2D eigenvalue weighted by molar-refractivity contribution is 0.590. The van der Waals surface area contributed by atoms with Crippen LogP contribution in [0.5, 0.6) is 0 Å². The summed E-state index contributed by atoms with van der Waals surface area (Å²) in [4.78, 5) is 2.52. The fourth-order valence-electron chi connectivity index (χ4n) is 14.3. The second-order valence-corrected chi connectivity index (χ2v) is 25.8. The molecule has 0 amide bonds. The molecule has 0 radical (unpaired) electrons. The monoisotopic (exact) mass is 1320 g/mol. The third kappa shape index (κ3) is 8.73. The normalized spacial score (nSPS) is 17.3. The van der Waals surface area contributed by atoms with Crippen LogP contribution in [0.3, 0.4) is 0 Å². The fourth-order valence-corrected chi connectivity index (χ4v) is 14.3. The first-order valence-corrected chi connectivity index (χ1v) is 32.4. The summed E-state index contributed by atoms with van der Waals surface area (Å²) in [7, 11) is 0. The van der Waals surface area contributed by atoms with E-state index in [0.29, 0.717) is 11.1 Å². The first kappa shape index (κ1) is 34.1. The number of rotatable bonds is 8. The van der Waals surface area contributed by atoms with Gasteiger partial charge >= 0.3 is 0 Å². The Morgan fingerprint density at radius 1 is 0.307 bits per heavy atom. The molecule has 2 aliphatic heterocycles. The van der Waals surface area contributed by atoms with E-state index in [1.165, 1.54) is 9.80 Å². The largest absolute Gasteiger partial charge is 0.454 e. The van der Waals surface area contributed by atoms with Crippen LogP contribution in [0, 0.1) is 0 Å². The standard InChI is InChI=1S/C94H63BN4O2/c1-94(2,3)66-54-85-91-86(55-66)99(88-53-65(61-30-14-7-15-31-61)51-76-74-49-63(59-26-10-5-11-27-59)41-47-90(74)101-93(76)88)84-57-68(97-81-38-22-18-34-71(81)72-35-19-23-39-82(72)97)43-45-78(84)95(91)77-44-42-67(96-79-36-20-16-32-69(79)70-33-17-21-37-80(70)96)56-83(77)98(85)87-52-64(60-28-12-6-13-29-60)50-75-73-48-62(58-24-8-4-9-25-58)40-46-89(73)100-92(75)87/h4-57H,1-3H3/i16D,17D,18D,19D,20D,21D,22D,23D,32D,33D,34D,35D,36D,37D,38D,39D,40D,41D,42D,43D,44D,45D,46D,47D,48D,49D,50D,51D,52D,53D,56D,57D. The minimum Gasteiger partial charge on any atom is -0.454 e. The summed E-state index contributed by atoms with van der Waals surface area (Å²) < 4.78 is 339. The number of furan rings is 2. The number of benzene rings is 15. The molecule has 2 aliphatic rings. The average Bonchev–Trinajstić information content (AvgIpc) is 1.62. The molecule has 101 heavy (non-hydrogen) atoms. The van der Waals surface area contributed by atoms with Crippen LogP contribution in [0.15, 0.2) is 336 Å². The van der Waals surface area contributed by atoms with E-state index in [1.54, 1.807) is 154 Å². The van der Waals surface area contributed by atoms with Gasteiger partial charge in [0.2, 0.25) is 0 Å². The summed E-state index contributed by atoms with van der Waals surface area (Å²) in [6, 6.07) is 10.2. The van der Waals surface area contributed by atoms with E-state index in [0.717, 1.165) is 9.13 Å². The van der Waals surface area contributed by atoms with Crippen molar-refractivity contribution in [2.24, 2.45) is 0 Å². The Bertz CT molecular complexity index is 8010. The van der Waals surface area contributed by atoms with Crippen LogP contribution in [0.4, 0.5) is 34.1 Å². The fraction of sp³-hybridized carbons (Fsp3) is 0.0426. The van der Waals surface area contributed by atoms with Crippen LogP contribution < -0.4 is 26.2 Å². The van der Waals surface area contributed by atoms with E-state index in [1.807, 2.05) is 0 Å². The van der Waals surface area contributed by atoms with Gasteiger partial charge in [0.05, 0.1) is 77.3 Å². The zero-order valence-electron chi connectivity index (χ0n) is 85.4. The molecular weight excluding hydrogens is 1230 g/mol. The molecule has 0 spiro atoms. The molecular formula is C94H63BN4O2. The van der Waals surface area contributed by atoms with E-state index >= 15 is 0 Å². The van der Waals surface area contributed by atoms with Crippen molar-refractivity contribution in [1.29, 1.82) is 0 Å². The second kappa shape index (κ2) is 21.8. The Kier molecular flexibility index (Phi) is 7.37. The maximum Gasteiger partial charge on any atom is 0.252 e. The third-order valence-corrected chi connectivity index (χ3v) is 19.0. The van der Waals surface area contributed by atoms with Gasteiger partial charge in [-0.1, -0.05) is 239 Å². The summed E-state index contributed by atoms with van der Waals surface area (Å²) in [5, 5.41) is -3.13. The number of hydrogen-bond donors (Lipinski definition) is 0. The lowest BCUT2D eigenvalue weighted by Gasteiger charge is -2.45. The van der Waals surface area contributed by atoms with Crippen molar-refractivity contribution >= 4 is 145 Å². The molecule has 0 bridgehead atoms. The topological polar surface area (TPSA) is 42.6 Å². The Hall–Kier alpha value is -12.8. The summed E-state index contributed by atoms with van der Waals surface area (Å²) in [6.45, 7) is 3.25. The second-order valence-electron chi connectivity index (χ2n) is 25.8. The van der Waals surface area contributed by atoms with E-state index in [4.69, 9.17) is 14.3 Å². The van der Waals surface area contributed by atoms with Crippen molar-refractivity contribution < 1.29 is 52.7 Å². The van der Waals surface area contributed by atoms with Crippen LogP contribution >= 0.6 is 0 Å². The molecule has 0 saturated carbocycles. The third-order valence-electron chi connectivity index (χ3n) is 19.0. The van der Waals surface area contributed by atoms with Crippen LogP contribution in [0.1, 0.15) is 70.2 Å². The zero-order valence-corrected chi connectivity index (χ0v) is 53.4. The quantitative estimate of drug-likeness (QED) is 0.142. The Morgan fingerprint density at radius 2 is 0.653 bits per heavy atom. The molecule has 19 aromatic rings. The van der Waals surface area contributed by atoms with Gasteiger partial charge in [0.15, 0.2) is 11.2 Å². The maximum atomic E-state index is 11.6. The molecule has 0 aliphatic carbocycles. The van der Waals surface area contributed by atoms with Gasteiger partial charge in [0.1, 0.15) is 11.2 Å². The zero-order chi connectivity index (χ0) is 94.6. The predicted molar refractivity (Wildman–Crippen MR) is 424 cm³/mol. The van der Waals surface area contributed by atoms with Gasteiger partial charge in [-0.05, 0) is 181 Å². The highest BCUT2D eigenvalue weighted by molar-refractivity contribution is 7.00. The molecule has 7 heteroatoms. The van der Waals surface area contributed by atoms with Gasteiger partial charge in [-0.25, -0.2) is 0 Å². The Balaban J connectivity index is 1.04. The molecule has 0 saturated heterocycles. The lowest BCUT2D eigenvalue weighted by Crippen LogP contribution is -2.61. The minimum absolute atomic E-state index is 0.0865. The smallest absolute Gasteiger partial charge is 0.252 e. The molecule has 21 rings (SSSR count). The molecule has 0 N–H and O–H groups in total. The molecule has 15 aromatic carbocycles. The van der Waals surface area contributed by atoms with Crippen molar-refractivity contribution in [3.8, 4) is 55.9 Å².